The molecule has 0 atom stereocenters. The minimum absolute atomic E-state index is 0.165. The van der Waals surface area contributed by atoms with Gasteiger partial charge in [0, 0.05) is 0 Å². The molecule has 0 aliphatic heterocycles. The van der Waals surface area contributed by atoms with Gasteiger partial charge in [-0.05, 0) is 32.3 Å². The summed E-state index contributed by atoms with van der Waals surface area (Å²) in [7, 11) is 0. The van der Waals surface area contributed by atoms with Crippen LogP contribution in [0.2, 0.25) is 0 Å². The third-order valence-corrected chi connectivity index (χ3v) is 3.28. The lowest BCUT2D eigenvalue weighted by atomic mass is 10.0. The lowest BCUT2D eigenvalue weighted by molar-refractivity contribution is 0.378. The fraction of sp³-hybridized carbons (Fsp3) is 0.438. The Morgan fingerprint density at radius 2 is 1.89 bits per heavy atom. The Bertz CT molecular complexity index is 529. The second kappa shape index (κ2) is 5.91. The van der Waals surface area contributed by atoms with E-state index in [0.717, 1.165) is 36.1 Å². The van der Waals surface area contributed by atoms with Gasteiger partial charge in [0.25, 0.3) is 0 Å². The number of hydrogen-bond acceptors (Lipinski definition) is 2. The van der Waals surface area contributed by atoms with Crippen molar-refractivity contribution < 1.29 is 5.11 Å². The van der Waals surface area contributed by atoms with E-state index in [1.165, 1.54) is 0 Å². The number of hydrogen-bond donors (Lipinski definition) is 1. The van der Waals surface area contributed by atoms with E-state index in [9.17, 15) is 5.11 Å². The van der Waals surface area contributed by atoms with E-state index in [-0.39, 0.29) is 11.9 Å². The molecule has 0 saturated heterocycles. The number of aryl methyl sites for hydroxylation is 1. The summed E-state index contributed by atoms with van der Waals surface area (Å²) in [6.07, 6.45) is 3.13. The molecule has 102 valence electrons. The predicted molar refractivity (Wildman–Crippen MR) is 78.3 cm³/mol. The van der Waals surface area contributed by atoms with Crippen molar-refractivity contribution in [2.24, 2.45) is 0 Å². The molecule has 0 aliphatic rings. The van der Waals surface area contributed by atoms with Crippen LogP contribution in [0.4, 0.5) is 0 Å². The molecule has 0 unspecified atom stereocenters. The summed E-state index contributed by atoms with van der Waals surface area (Å²) in [6.45, 7) is 6.23. The minimum Gasteiger partial charge on any atom is -0.493 e. The summed E-state index contributed by atoms with van der Waals surface area (Å²) in [5.41, 5.74) is 2.93. The van der Waals surface area contributed by atoms with Gasteiger partial charge < -0.3 is 5.11 Å². The van der Waals surface area contributed by atoms with Crippen molar-refractivity contribution in [3.05, 3.63) is 36.0 Å². The average Bonchev–Trinajstić information content (AvgIpc) is 2.74. The highest BCUT2D eigenvalue weighted by molar-refractivity contribution is 5.71. The van der Waals surface area contributed by atoms with Crippen molar-refractivity contribution in [3.8, 4) is 17.0 Å². The highest BCUT2D eigenvalue weighted by Crippen LogP contribution is 2.35. The van der Waals surface area contributed by atoms with Crippen LogP contribution in [-0.4, -0.2) is 14.9 Å². The summed E-state index contributed by atoms with van der Waals surface area (Å²) in [6, 6.07) is 10.2. The van der Waals surface area contributed by atoms with Crippen molar-refractivity contribution >= 4 is 0 Å². The summed E-state index contributed by atoms with van der Waals surface area (Å²) in [5, 5.41) is 15.0. The lowest BCUT2D eigenvalue weighted by Gasteiger charge is -2.06. The van der Waals surface area contributed by atoms with Gasteiger partial charge in [-0.1, -0.05) is 43.7 Å². The maximum Gasteiger partial charge on any atom is 0.217 e. The van der Waals surface area contributed by atoms with Crippen molar-refractivity contribution in [3.63, 3.8) is 0 Å². The fourth-order valence-corrected chi connectivity index (χ4v) is 2.25. The van der Waals surface area contributed by atoms with E-state index >= 15 is 0 Å². The topological polar surface area (TPSA) is 38.0 Å². The maximum atomic E-state index is 10.4. The molecule has 1 aromatic heterocycles. The van der Waals surface area contributed by atoms with Gasteiger partial charge in [-0.3, -0.25) is 0 Å². The van der Waals surface area contributed by atoms with Crippen LogP contribution in [0.15, 0.2) is 30.3 Å². The first kappa shape index (κ1) is 13.7. The highest BCUT2D eigenvalue weighted by atomic mass is 16.3. The molecular formula is C16H22N2O. The van der Waals surface area contributed by atoms with E-state index in [1.807, 2.05) is 44.2 Å². The van der Waals surface area contributed by atoms with E-state index < -0.39 is 0 Å². The third-order valence-electron chi connectivity index (χ3n) is 3.28. The minimum atomic E-state index is 0.165. The van der Waals surface area contributed by atoms with Crippen molar-refractivity contribution in [1.29, 1.82) is 0 Å². The average molecular weight is 258 g/mol. The van der Waals surface area contributed by atoms with Gasteiger partial charge in [-0.2, -0.15) is 5.10 Å². The first-order valence-electron chi connectivity index (χ1n) is 7.01. The van der Waals surface area contributed by atoms with Gasteiger partial charge in [-0.25, -0.2) is 4.68 Å². The van der Waals surface area contributed by atoms with Crippen LogP contribution in [-0.2, 0) is 6.42 Å². The highest BCUT2D eigenvalue weighted by Gasteiger charge is 2.19. The zero-order valence-electron chi connectivity index (χ0n) is 11.9. The summed E-state index contributed by atoms with van der Waals surface area (Å²) in [5.74, 6) is 0.285. The molecule has 2 rings (SSSR count). The van der Waals surface area contributed by atoms with Gasteiger partial charge in [0.2, 0.25) is 5.88 Å². The van der Waals surface area contributed by atoms with Crippen LogP contribution in [0, 0.1) is 0 Å². The van der Waals surface area contributed by atoms with Gasteiger partial charge in [0.05, 0.1) is 17.3 Å². The molecule has 0 fully saturated rings. The molecule has 1 N–H and O–H groups in total. The standard InChI is InChI=1S/C16H22N2O/c1-4-5-11-14-15(13-9-7-6-8-10-13)16(19)18(17-14)12(2)3/h6-10,12,19H,4-5,11H2,1-3H3. The fourth-order valence-electron chi connectivity index (χ4n) is 2.25. The van der Waals surface area contributed by atoms with Crippen LogP contribution in [0.1, 0.15) is 45.3 Å². The Morgan fingerprint density at radius 3 is 2.47 bits per heavy atom. The van der Waals surface area contributed by atoms with E-state index in [2.05, 4.69) is 12.0 Å². The molecule has 1 aromatic carbocycles. The van der Waals surface area contributed by atoms with Gasteiger partial charge >= 0.3 is 0 Å². The maximum absolute atomic E-state index is 10.4. The molecule has 0 spiro atoms. The zero-order chi connectivity index (χ0) is 13.8. The molecule has 3 heteroatoms. The molecule has 0 aliphatic carbocycles. The SMILES string of the molecule is CCCCc1nn(C(C)C)c(O)c1-c1ccccc1. The zero-order valence-corrected chi connectivity index (χ0v) is 11.9. The number of rotatable bonds is 5. The first-order valence-corrected chi connectivity index (χ1v) is 7.01. The van der Waals surface area contributed by atoms with Crippen LogP contribution in [0.5, 0.6) is 5.88 Å². The summed E-state index contributed by atoms with van der Waals surface area (Å²) < 4.78 is 1.72. The lowest BCUT2D eigenvalue weighted by Crippen LogP contribution is -2.02. The normalized spacial score (nSPS) is 11.2. The summed E-state index contributed by atoms with van der Waals surface area (Å²) in [4.78, 5) is 0. The third kappa shape index (κ3) is 2.80. The predicted octanol–water partition coefficient (Wildman–Crippen LogP) is 4.18. The number of aromatic hydroxyl groups is 1. The molecular weight excluding hydrogens is 236 g/mol. The van der Waals surface area contributed by atoms with Crippen LogP contribution in [0.3, 0.4) is 0 Å². The molecule has 3 nitrogen and oxygen atoms in total. The smallest absolute Gasteiger partial charge is 0.217 e. The van der Waals surface area contributed by atoms with Crippen molar-refractivity contribution in [1.82, 2.24) is 9.78 Å². The first-order chi connectivity index (χ1) is 9.15. The quantitative estimate of drug-likeness (QED) is 0.873. The van der Waals surface area contributed by atoms with Crippen LogP contribution < -0.4 is 0 Å². The Labute approximate surface area is 114 Å². The van der Waals surface area contributed by atoms with Crippen molar-refractivity contribution in [2.75, 3.05) is 0 Å². The van der Waals surface area contributed by atoms with E-state index in [4.69, 9.17) is 0 Å². The summed E-state index contributed by atoms with van der Waals surface area (Å²) >= 11 is 0. The number of unbranched alkanes of at least 4 members (excludes halogenated alkanes) is 1. The van der Waals surface area contributed by atoms with Gasteiger partial charge in [0.15, 0.2) is 0 Å². The van der Waals surface area contributed by atoms with Crippen LogP contribution >= 0.6 is 0 Å². The number of aromatic nitrogens is 2. The number of nitrogens with zero attached hydrogens (tertiary/aromatic N) is 2. The molecule has 0 radical (unpaired) electrons. The molecule has 0 amide bonds. The van der Waals surface area contributed by atoms with Gasteiger partial charge in [0.1, 0.15) is 0 Å². The second-order valence-corrected chi connectivity index (χ2v) is 5.15. The Morgan fingerprint density at radius 1 is 1.21 bits per heavy atom. The monoisotopic (exact) mass is 258 g/mol. The Kier molecular flexibility index (Phi) is 4.25. The molecule has 1 heterocycles. The van der Waals surface area contributed by atoms with E-state index in [0.29, 0.717) is 0 Å². The number of benzene rings is 1. The molecule has 0 saturated carbocycles. The molecule has 2 aromatic rings. The van der Waals surface area contributed by atoms with Crippen molar-refractivity contribution in [2.45, 2.75) is 46.1 Å². The van der Waals surface area contributed by atoms with E-state index in [1.54, 1.807) is 4.68 Å². The Balaban J connectivity index is 2.50. The molecule has 19 heavy (non-hydrogen) atoms. The van der Waals surface area contributed by atoms with Gasteiger partial charge in [-0.15, -0.1) is 0 Å². The second-order valence-electron chi connectivity index (χ2n) is 5.15. The van der Waals surface area contributed by atoms with Crippen LogP contribution in [0.25, 0.3) is 11.1 Å². The Hall–Kier alpha value is -1.77. The largest absolute Gasteiger partial charge is 0.493 e. The molecule has 0 bridgehead atoms.